The highest BCUT2D eigenvalue weighted by Crippen LogP contribution is 2.36. The Kier molecular flexibility index (Phi) is 5.22. The third-order valence-corrected chi connectivity index (χ3v) is 5.49. The van der Waals surface area contributed by atoms with Crippen LogP contribution in [0.5, 0.6) is 5.75 Å². The van der Waals surface area contributed by atoms with Gasteiger partial charge in [-0.2, -0.15) is 16.9 Å². The average molecular weight is 410 g/mol. The van der Waals surface area contributed by atoms with Crippen molar-refractivity contribution in [1.29, 1.82) is 0 Å². The summed E-state index contributed by atoms with van der Waals surface area (Å²) in [6, 6.07) is 13.2. The van der Waals surface area contributed by atoms with E-state index in [1.807, 2.05) is 13.0 Å². The van der Waals surface area contributed by atoms with E-state index in [2.05, 4.69) is 10.4 Å². The maximum Gasteiger partial charge on any atom is 0.269 e. The highest BCUT2D eigenvalue weighted by atomic mass is 32.2. The maximum absolute atomic E-state index is 13.0. The lowest BCUT2D eigenvalue weighted by Gasteiger charge is -2.13. The topological polar surface area (TPSA) is 99.3 Å². The van der Waals surface area contributed by atoms with Gasteiger partial charge in [-0.05, 0) is 31.2 Å². The van der Waals surface area contributed by atoms with Crippen molar-refractivity contribution in [2.75, 3.05) is 11.9 Å². The predicted molar refractivity (Wildman–Crippen MR) is 111 cm³/mol. The second-order valence-corrected chi connectivity index (χ2v) is 7.32. The number of aromatic nitrogens is 2. The summed E-state index contributed by atoms with van der Waals surface area (Å²) in [5.74, 6) is 2.30. The molecule has 0 saturated carbocycles. The first-order valence-corrected chi connectivity index (χ1v) is 10.2. The number of nitrogens with zero attached hydrogens (tertiary/aromatic N) is 3. The van der Waals surface area contributed by atoms with Gasteiger partial charge in [-0.25, -0.2) is 4.68 Å². The van der Waals surface area contributed by atoms with Crippen molar-refractivity contribution >= 4 is 29.2 Å². The number of non-ortho nitro benzene ring substituents is 1. The number of para-hydroxylation sites is 1. The molecule has 0 unspecified atom stereocenters. The summed E-state index contributed by atoms with van der Waals surface area (Å²) >= 11 is 1.73. The van der Waals surface area contributed by atoms with Crippen molar-refractivity contribution in [3.63, 3.8) is 0 Å². The number of nitro benzene ring substituents is 1. The number of carbonyl (C=O) groups excluding carboxylic acids is 1. The molecule has 0 spiro atoms. The van der Waals surface area contributed by atoms with Gasteiger partial charge in [0.15, 0.2) is 0 Å². The van der Waals surface area contributed by atoms with Crippen LogP contribution in [0.25, 0.3) is 5.69 Å². The summed E-state index contributed by atoms with van der Waals surface area (Å²) in [7, 11) is 0. The van der Waals surface area contributed by atoms with Gasteiger partial charge >= 0.3 is 0 Å². The molecule has 0 atom stereocenters. The zero-order chi connectivity index (χ0) is 20.4. The van der Waals surface area contributed by atoms with Gasteiger partial charge in [-0.1, -0.05) is 12.1 Å². The Morgan fingerprint density at radius 1 is 1.24 bits per heavy atom. The zero-order valence-corrected chi connectivity index (χ0v) is 16.4. The van der Waals surface area contributed by atoms with E-state index >= 15 is 0 Å². The molecular weight excluding hydrogens is 392 g/mol. The monoisotopic (exact) mass is 410 g/mol. The molecule has 0 aliphatic carbocycles. The van der Waals surface area contributed by atoms with Crippen LogP contribution in [0.1, 0.15) is 28.5 Å². The molecule has 4 rings (SSSR count). The Balaban J connectivity index is 1.71. The predicted octanol–water partition coefficient (Wildman–Crippen LogP) is 4.18. The third kappa shape index (κ3) is 3.68. The van der Waals surface area contributed by atoms with Gasteiger partial charge in [0.2, 0.25) is 0 Å². The van der Waals surface area contributed by atoms with Crippen molar-refractivity contribution in [3.05, 3.63) is 75.5 Å². The van der Waals surface area contributed by atoms with Gasteiger partial charge in [0.25, 0.3) is 11.6 Å². The number of hydrogen-bond donors (Lipinski definition) is 1. The number of hydrogen-bond acceptors (Lipinski definition) is 6. The largest absolute Gasteiger partial charge is 0.493 e. The van der Waals surface area contributed by atoms with Gasteiger partial charge in [0.1, 0.15) is 11.6 Å². The lowest BCUT2D eigenvalue weighted by molar-refractivity contribution is -0.384. The van der Waals surface area contributed by atoms with E-state index in [-0.39, 0.29) is 11.6 Å². The van der Waals surface area contributed by atoms with Crippen LogP contribution >= 0.6 is 11.8 Å². The molecule has 1 aliphatic heterocycles. The summed E-state index contributed by atoms with van der Waals surface area (Å²) in [4.78, 5) is 23.5. The number of carbonyl (C=O) groups is 1. The SMILES string of the molecule is CCOc1ccccc1C(=O)Nc1c2c(nn1-c1ccc([N+](=O)[O-])cc1)CSC2. The summed E-state index contributed by atoms with van der Waals surface area (Å²) < 4.78 is 7.20. The van der Waals surface area contributed by atoms with Crippen LogP contribution in [0.15, 0.2) is 48.5 Å². The van der Waals surface area contributed by atoms with Crippen molar-refractivity contribution in [1.82, 2.24) is 9.78 Å². The highest BCUT2D eigenvalue weighted by molar-refractivity contribution is 7.98. The molecule has 1 aliphatic rings. The molecule has 1 aromatic heterocycles. The highest BCUT2D eigenvalue weighted by Gasteiger charge is 2.26. The fourth-order valence-electron chi connectivity index (χ4n) is 3.15. The molecule has 0 saturated heterocycles. The minimum absolute atomic E-state index is 0.000213. The van der Waals surface area contributed by atoms with E-state index < -0.39 is 4.92 Å². The zero-order valence-electron chi connectivity index (χ0n) is 15.6. The molecule has 2 aromatic carbocycles. The first-order valence-electron chi connectivity index (χ1n) is 9.05. The van der Waals surface area contributed by atoms with Gasteiger partial charge in [-0.3, -0.25) is 14.9 Å². The molecular formula is C20H18N4O4S. The number of rotatable bonds is 6. The molecule has 9 heteroatoms. The number of thioether (sulfide) groups is 1. The van der Waals surface area contributed by atoms with E-state index in [4.69, 9.17) is 4.74 Å². The summed E-state index contributed by atoms with van der Waals surface area (Å²) in [6.45, 7) is 2.32. The van der Waals surface area contributed by atoms with E-state index in [1.165, 1.54) is 12.1 Å². The Hall–Kier alpha value is -3.33. The minimum atomic E-state index is -0.448. The van der Waals surface area contributed by atoms with Gasteiger partial charge in [0.05, 0.1) is 28.5 Å². The Bertz CT molecular complexity index is 1080. The van der Waals surface area contributed by atoms with Crippen LogP contribution in [0.4, 0.5) is 11.5 Å². The molecule has 8 nitrogen and oxygen atoms in total. The van der Waals surface area contributed by atoms with E-state index in [9.17, 15) is 14.9 Å². The fourth-order valence-corrected chi connectivity index (χ4v) is 4.19. The summed E-state index contributed by atoms with van der Waals surface area (Å²) in [6.07, 6.45) is 0. The van der Waals surface area contributed by atoms with Crippen molar-refractivity contribution in [3.8, 4) is 11.4 Å². The number of amides is 1. The number of benzene rings is 2. The second kappa shape index (κ2) is 7.96. The molecule has 1 N–H and O–H groups in total. The van der Waals surface area contributed by atoms with E-state index in [0.29, 0.717) is 29.4 Å². The van der Waals surface area contributed by atoms with E-state index in [1.54, 1.807) is 46.8 Å². The number of fused-ring (bicyclic) bond motifs is 1. The van der Waals surface area contributed by atoms with Crippen LogP contribution < -0.4 is 10.1 Å². The smallest absolute Gasteiger partial charge is 0.269 e. The van der Waals surface area contributed by atoms with Crippen molar-refractivity contribution in [2.45, 2.75) is 18.4 Å². The van der Waals surface area contributed by atoms with Gasteiger partial charge in [0, 0.05) is 29.2 Å². The summed E-state index contributed by atoms with van der Waals surface area (Å²) in [5, 5.41) is 18.5. The number of ether oxygens (including phenoxy) is 1. The first-order chi connectivity index (χ1) is 14.1. The van der Waals surface area contributed by atoms with Crippen molar-refractivity contribution in [2.24, 2.45) is 0 Å². The second-order valence-electron chi connectivity index (χ2n) is 6.34. The lowest BCUT2D eigenvalue weighted by atomic mass is 10.2. The van der Waals surface area contributed by atoms with E-state index in [0.717, 1.165) is 22.8 Å². The van der Waals surface area contributed by atoms with Crippen molar-refractivity contribution < 1.29 is 14.5 Å². The molecule has 2 heterocycles. The van der Waals surface area contributed by atoms with Crippen LogP contribution in [0.3, 0.4) is 0 Å². The first kappa shape index (κ1) is 19.0. The Morgan fingerprint density at radius 2 is 2.00 bits per heavy atom. The van der Waals surface area contributed by atoms with Gasteiger partial charge in [-0.15, -0.1) is 0 Å². The maximum atomic E-state index is 13.0. The summed E-state index contributed by atoms with van der Waals surface area (Å²) in [5.41, 5.74) is 2.95. The normalized spacial score (nSPS) is 12.4. The Labute approximate surface area is 171 Å². The molecule has 29 heavy (non-hydrogen) atoms. The molecule has 0 radical (unpaired) electrons. The fraction of sp³-hybridized carbons (Fsp3) is 0.200. The number of anilines is 1. The molecule has 0 bridgehead atoms. The van der Waals surface area contributed by atoms with Crippen LogP contribution in [0.2, 0.25) is 0 Å². The van der Waals surface area contributed by atoms with Crippen LogP contribution in [-0.4, -0.2) is 27.2 Å². The van der Waals surface area contributed by atoms with Crippen LogP contribution in [-0.2, 0) is 11.5 Å². The molecule has 1 amide bonds. The molecule has 148 valence electrons. The number of nitrogens with one attached hydrogen (secondary N) is 1. The lowest BCUT2D eigenvalue weighted by Crippen LogP contribution is -2.17. The van der Waals surface area contributed by atoms with Gasteiger partial charge < -0.3 is 10.1 Å². The molecule has 3 aromatic rings. The molecule has 0 fully saturated rings. The Morgan fingerprint density at radius 3 is 2.72 bits per heavy atom. The third-order valence-electron chi connectivity index (χ3n) is 4.52. The number of nitro groups is 1. The standard InChI is InChI=1S/C20H18N4O4S/c1-2-28-18-6-4-3-5-15(18)20(25)21-19-16-11-29-12-17(16)22-23(19)13-7-9-14(10-8-13)24(26)27/h3-10H,2,11-12H2,1H3,(H,21,25). The minimum Gasteiger partial charge on any atom is -0.493 e. The quantitative estimate of drug-likeness (QED) is 0.483. The van der Waals surface area contributed by atoms with Crippen LogP contribution in [0, 0.1) is 10.1 Å². The average Bonchev–Trinajstić information content (AvgIpc) is 3.31.